The maximum absolute atomic E-state index is 5.93. The van der Waals surface area contributed by atoms with E-state index in [4.69, 9.17) is 10.5 Å². The summed E-state index contributed by atoms with van der Waals surface area (Å²) in [6, 6.07) is 10.1. The van der Waals surface area contributed by atoms with Crippen molar-refractivity contribution in [1.29, 1.82) is 0 Å². The Bertz CT molecular complexity index is 459. The van der Waals surface area contributed by atoms with E-state index in [2.05, 4.69) is 13.0 Å². The fourth-order valence-electron chi connectivity index (χ4n) is 1.53. The zero-order valence-corrected chi connectivity index (χ0v) is 9.60. The monoisotopic (exact) mass is 219 g/mol. The van der Waals surface area contributed by atoms with E-state index >= 15 is 0 Å². The predicted molar refractivity (Wildman–Crippen MR) is 65.5 cm³/mol. The lowest BCUT2D eigenvalue weighted by atomic mass is 10.1. The number of thiophene rings is 1. The van der Waals surface area contributed by atoms with Gasteiger partial charge in [0.05, 0.1) is 12.1 Å². The van der Waals surface area contributed by atoms with Crippen LogP contribution in [0.1, 0.15) is 4.88 Å². The number of aryl methyl sites for hydroxylation is 1. The van der Waals surface area contributed by atoms with Crippen LogP contribution >= 0.6 is 11.3 Å². The van der Waals surface area contributed by atoms with Crippen molar-refractivity contribution in [2.75, 3.05) is 12.8 Å². The molecule has 0 fully saturated rings. The maximum Gasteiger partial charge on any atom is 0.118 e. The molecule has 0 aliphatic rings. The van der Waals surface area contributed by atoms with Gasteiger partial charge in [0.1, 0.15) is 5.75 Å². The maximum atomic E-state index is 5.93. The van der Waals surface area contributed by atoms with Gasteiger partial charge in [0.25, 0.3) is 0 Å². The molecule has 15 heavy (non-hydrogen) atoms. The van der Waals surface area contributed by atoms with E-state index in [9.17, 15) is 0 Å². The number of benzene rings is 1. The first-order valence-corrected chi connectivity index (χ1v) is 5.52. The van der Waals surface area contributed by atoms with Gasteiger partial charge in [-0.05, 0) is 30.7 Å². The number of ether oxygens (including phenoxy) is 1. The van der Waals surface area contributed by atoms with Gasteiger partial charge in [-0.2, -0.15) is 0 Å². The molecule has 1 heterocycles. The van der Waals surface area contributed by atoms with Gasteiger partial charge in [-0.15, -0.1) is 11.3 Å². The molecule has 78 valence electrons. The highest BCUT2D eigenvalue weighted by molar-refractivity contribution is 7.16. The summed E-state index contributed by atoms with van der Waals surface area (Å²) in [6.07, 6.45) is 0. The third-order valence-corrected chi connectivity index (χ3v) is 3.16. The van der Waals surface area contributed by atoms with Gasteiger partial charge < -0.3 is 10.5 Å². The van der Waals surface area contributed by atoms with Crippen molar-refractivity contribution in [3.63, 3.8) is 0 Å². The van der Waals surface area contributed by atoms with E-state index in [1.807, 2.05) is 24.3 Å². The van der Waals surface area contributed by atoms with Crippen LogP contribution in [0.2, 0.25) is 0 Å². The molecule has 2 nitrogen and oxygen atoms in total. The molecule has 2 rings (SSSR count). The summed E-state index contributed by atoms with van der Waals surface area (Å²) in [5, 5.41) is 0.873. The van der Waals surface area contributed by atoms with E-state index in [1.165, 1.54) is 4.88 Å². The van der Waals surface area contributed by atoms with Crippen LogP contribution in [-0.2, 0) is 0 Å². The van der Waals surface area contributed by atoms with Crippen LogP contribution in [0, 0.1) is 6.92 Å². The first-order chi connectivity index (χ1) is 7.20. The van der Waals surface area contributed by atoms with Gasteiger partial charge in [-0.3, -0.25) is 0 Å². The summed E-state index contributed by atoms with van der Waals surface area (Å²) >= 11 is 1.62. The van der Waals surface area contributed by atoms with Gasteiger partial charge >= 0.3 is 0 Å². The Morgan fingerprint density at radius 1 is 1.20 bits per heavy atom. The summed E-state index contributed by atoms with van der Waals surface area (Å²) in [5.41, 5.74) is 8.18. The topological polar surface area (TPSA) is 35.2 Å². The third kappa shape index (κ3) is 1.97. The Labute approximate surface area is 93.3 Å². The van der Waals surface area contributed by atoms with E-state index < -0.39 is 0 Å². The summed E-state index contributed by atoms with van der Waals surface area (Å²) in [6.45, 7) is 2.06. The molecule has 3 heteroatoms. The lowest BCUT2D eigenvalue weighted by Gasteiger charge is -2.02. The summed E-state index contributed by atoms with van der Waals surface area (Å²) in [7, 11) is 1.66. The molecule has 0 saturated heterocycles. The van der Waals surface area contributed by atoms with E-state index in [0.29, 0.717) is 0 Å². The molecule has 0 bridgehead atoms. The standard InChI is InChI=1S/C12H13NOS/c1-8-7-11(12(13)15-8)9-3-5-10(14-2)6-4-9/h3-7H,13H2,1-2H3. The van der Waals surface area contributed by atoms with Crippen LogP contribution in [0.4, 0.5) is 5.00 Å². The highest BCUT2D eigenvalue weighted by atomic mass is 32.1. The molecule has 0 aliphatic carbocycles. The van der Waals surface area contributed by atoms with E-state index in [1.54, 1.807) is 18.4 Å². The van der Waals surface area contributed by atoms with Gasteiger partial charge in [0, 0.05) is 10.4 Å². The quantitative estimate of drug-likeness (QED) is 0.841. The number of nitrogen functional groups attached to an aromatic ring is 1. The van der Waals surface area contributed by atoms with Crippen molar-refractivity contribution in [3.05, 3.63) is 35.2 Å². The lowest BCUT2D eigenvalue weighted by molar-refractivity contribution is 0.415. The Hall–Kier alpha value is -1.48. The largest absolute Gasteiger partial charge is 0.497 e. The minimum absolute atomic E-state index is 0.865. The number of nitrogens with two attached hydrogens (primary N) is 1. The van der Waals surface area contributed by atoms with E-state index in [-0.39, 0.29) is 0 Å². The predicted octanol–water partition coefficient (Wildman–Crippen LogP) is 3.31. The SMILES string of the molecule is COc1ccc(-c2cc(C)sc2N)cc1. The van der Waals surface area contributed by atoms with Gasteiger partial charge in [-0.1, -0.05) is 12.1 Å². The molecule has 2 N–H and O–H groups in total. The summed E-state index contributed by atoms with van der Waals surface area (Å²) in [4.78, 5) is 1.23. The zero-order chi connectivity index (χ0) is 10.8. The molecule has 2 aromatic rings. The normalized spacial score (nSPS) is 10.3. The Morgan fingerprint density at radius 3 is 2.33 bits per heavy atom. The van der Waals surface area contributed by atoms with Crippen LogP contribution in [0.25, 0.3) is 11.1 Å². The fraction of sp³-hybridized carbons (Fsp3) is 0.167. The molecule has 1 aromatic heterocycles. The van der Waals surface area contributed by atoms with Gasteiger partial charge in [-0.25, -0.2) is 0 Å². The molecule has 0 aliphatic heterocycles. The minimum Gasteiger partial charge on any atom is -0.497 e. The smallest absolute Gasteiger partial charge is 0.118 e. The second kappa shape index (κ2) is 3.95. The van der Waals surface area contributed by atoms with Crippen molar-refractivity contribution in [1.82, 2.24) is 0 Å². The zero-order valence-electron chi connectivity index (χ0n) is 8.78. The number of rotatable bonds is 2. The van der Waals surface area contributed by atoms with Crippen LogP contribution in [0.3, 0.4) is 0 Å². The molecular formula is C12H13NOS. The van der Waals surface area contributed by atoms with Crippen LogP contribution in [0.5, 0.6) is 5.75 Å². The molecule has 0 atom stereocenters. The molecule has 0 amide bonds. The summed E-state index contributed by atoms with van der Waals surface area (Å²) < 4.78 is 5.11. The second-order valence-corrected chi connectivity index (χ2v) is 4.65. The van der Waals surface area contributed by atoms with Crippen molar-refractivity contribution in [2.24, 2.45) is 0 Å². The van der Waals surface area contributed by atoms with Crippen LogP contribution < -0.4 is 10.5 Å². The minimum atomic E-state index is 0.865. The van der Waals surface area contributed by atoms with Crippen molar-refractivity contribution >= 4 is 16.3 Å². The number of hydrogen-bond donors (Lipinski definition) is 1. The number of methoxy groups -OCH3 is 1. The first kappa shape index (κ1) is 10.1. The van der Waals surface area contributed by atoms with Crippen LogP contribution in [0.15, 0.2) is 30.3 Å². The summed E-state index contributed by atoms with van der Waals surface area (Å²) in [5.74, 6) is 0.865. The molecule has 1 aromatic carbocycles. The molecule has 0 radical (unpaired) electrons. The average molecular weight is 219 g/mol. The average Bonchev–Trinajstić information content (AvgIpc) is 2.58. The molecule has 0 unspecified atom stereocenters. The Kier molecular flexibility index (Phi) is 2.64. The molecule has 0 spiro atoms. The van der Waals surface area contributed by atoms with Crippen molar-refractivity contribution in [3.8, 4) is 16.9 Å². The molecule has 0 saturated carbocycles. The third-order valence-electron chi connectivity index (χ3n) is 2.29. The van der Waals surface area contributed by atoms with Gasteiger partial charge in [0.2, 0.25) is 0 Å². The first-order valence-electron chi connectivity index (χ1n) is 4.71. The fourth-order valence-corrected chi connectivity index (χ4v) is 2.34. The Balaban J connectivity index is 2.41. The van der Waals surface area contributed by atoms with Crippen molar-refractivity contribution < 1.29 is 4.74 Å². The number of anilines is 1. The van der Waals surface area contributed by atoms with Crippen molar-refractivity contribution in [2.45, 2.75) is 6.92 Å². The highest BCUT2D eigenvalue weighted by Crippen LogP contribution is 2.34. The Morgan fingerprint density at radius 2 is 1.87 bits per heavy atom. The van der Waals surface area contributed by atoms with E-state index in [0.717, 1.165) is 21.9 Å². The highest BCUT2D eigenvalue weighted by Gasteiger charge is 2.05. The van der Waals surface area contributed by atoms with Crippen LogP contribution in [-0.4, -0.2) is 7.11 Å². The lowest BCUT2D eigenvalue weighted by Crippen LogP contribution is -1.85. The molecular weight excluding hydrogens is 206 g/mol. The number of hydrogen-bond acceptors (Lipinski definition) is 3. The second-order valence-electron chi connectivity index (χ2n) is 3.36. The van der Waals surface area contributed by atoms with Gasteiger partial charge in [0.15, 0.2) is 0 Å².